The molecule has 7 nitrogen and oxygen atoms in total. The van der Waals surface area contributed by atoms with E-state index in [-0.39, 0.29) is 17.9 Å². The van der Waals surface area contributed by atoms with Crippen molar-refractivity contribution in [2.75, 3.05) is 11.9 Å². The predicted octanol–water partition coefficient (Wildman–Crippen LogP) is 2.26. The number of nitrogens with one attached hydrogen (secondary N) is 2. The number of esters is 1. The van der Waals surface area contributed by atoms with Gasteiger partial charge >= 0.3 is 12.1 Å². The number of fused-ring (bicyclic) bond motifs is 1. The quantitative estimate of drug-likeness (QED) is 0.639. The average molecular weight is 368 g/mol. The van der Waals surface area contributed by atoms with E-state index in [9.17, 15) is 22.8 Å². The van der Waals surface area contributed by atoms with Gasteiger partial charge in [0.05, 0.1) is 12.1 Å². The van der Waals surface area contributed by atoms with E-state index in [1.54, 1.807) is 18.2 Å². The number of hydrogen-bond donors (Lipinski definition) is 2. The number of carbonyl (C=O) groups excluding carboxylic acids is 2. The van der Waals surface area contributed by atoms with Crippen molar-refractivity contribution in [3.63, 3.8) is 0 Å². The molecule has 0 bridgehead atoms. The minimum atomic E-state index is -4.78. The Bertz CT molecular complexity index is 833. The van der Waals surface area contributed by atoms with E-state index < -0.39 is 35.5 Å². The predicted molar refractivity (Wildman–Crippen MR) is 84.5 cm³/mol. The smallest absolute Gasteiger partial charge is 0.436 e. The first-order valence-electron chi connectivity index (χ1n) is 7.76. The first-order valence-corrected chi connectivity index (χ1v) is 7.76. The van der Waals surface area contributed by atoms with Crippen LogP contribution in [0.4, 0.5) is 19.0 Å². The van der Waals surface area contributed by atoms with Gasteiger partial charge in [0, 0.05) is 6.54 Å². The van der Waals surface area contributed by atoms with Crippen LogP contribution in [0.15, 0.2) is 30.3 Å². The fraction of sp³-hybridized carbons (Fsp3) is 0.312. The first-order chi connectivity index (χ1) is 12.3. The maximum atomic E-state index is 13.2. The Labute approximate surface area is 146 Å². The highest BCUT2D eigenvalue weighted by molar-refractivity contribution is 6.00. The second-order valence-corrected chi connectivity index (χ2v) is 5.61. The van der Waals surface area contributed by atoms with Crippen molar-refractivity contribution in [2.24, 2.45) is 0 Å². The molecule has 1 aliphatic heterocycles. The van der Waals surface area contributed by atoms with Crippen LogP contribution in [0, 0.1) is 0 Å². The summed E-state index contributed by atoms with van der Waals surface area (Å²) in [5, 5.41) is 8.42. The van der Waals surface area contributed by atoms with Crippen LogP contribution in [0.5, 0.6) is 0 Å². The van der Waals surface area contributed by atoms with Crippen LogP contribution in [0.25, 0.3) is 0 Å². The van der Waals surface area contributed by atoms with Gasteiger partial charge in [-0.1, -0.05) is 18.2 Å². The number of rotatable bonds is 4. The molecule has 2 N–H and O–H groups in total. The Morgan fingerprint density at radius 2 is 2.00 bits per heavy atom. The Balaban J connectivity index is 1.75. The number of ether oxygens (including phenoxy) is 1. The average Bonchev–Trinajstić information content (AvgIpc) is 3.15. The summed E-state index contributed by atoms with van der Waals surface area (Å²) in [6.07, 6.45) is -5.91. The molecule has 1 amide bonds. The van der Waals surface area contributed by atoms with Crippen molar-refractivity contribution in [3.8, 4) is 0 Å². The van der Waals surface area contributed by atoms with E-state index in [2.05, 4.69) is 15.7 Å². The number of nitrogens with zero attached hydrogens (tertiary/aromatic N) is 2. The number of aromatic nitrogens is 2. The number of benzene rings is 1. The van der Waals surface area contributed by atoms with E-state index >= 15 is 0 Å². The maximum absolute atomic E-state index is 13.2. The summed E-state index contributed by atoms with van der Waals surface area (Å²) < 4.78 is 45.6. The molecule has 0 fully saturated rings. The topological polar surface area (TPSA) is 85.2 Å². The largest absolute Gasteiger partial charge is 0.438 e. The first kappa shape index (κ1) is 17.8. The number of carbonyl (C=O) groups is 2. The van der Waals surface area contributed by atoms with Gasteiger partial charge in [-0.05, 0) is 19.1 Å². The lowest BCUT2D eigenvalue weighted by Gasteiger charge is -2.16. The summed E-state index contributed by atoms with van der Waals surface area (Å²) in [5.41, 5.74) is -1.63. The Morgan fingerprint density at radius 3 is 2.65 bits per heavy atom. The monoisotopic (exact) mass is 368 g/mol. The summed E-state index contributed by atoms with van der Waals surface area (Å²) in [7, 11) is 0. The SMILES string of the molecule is CC(NC(=O)c1c(C(F)(F)F)nn2c1NCC2)OC(=O)c1ccccc1. The zero-order valence-corrected chi connectivity index (χ0v) is 13.6. The lowest BCUT2D eigenvalue weighted by Crippen LogP contribution is -2.37. The lowest BCUT2D eigenvalue weighted by atomic mass is 10.2. The van der Waals surface area contributed by atoms with Gasteiger partial charge in [0.1, 0.15) is 11.4 Å². The molecule has 1 aromatic carbocycles. The molecule has 0 saturated heterocycles. The number of amides is 1. The Kier molecular flexibility index (Phi) is 4.58. The highest BCUT2D eigenvalue weighted by atomic mass is 19.4. The van der Waals surface area contributed by atoms with Crippen molar-refractivity contribution < 1.29 is 27.5 Å². The normalized spacial score (nSPS) is 14.3. The van der Waals surface area contributed by atoms with Gasteiger partial charge in [0.15, 0.2) is 11.9 Å². The van der Waals surface area contributed by atoms with Crippen LogP contribution in [0.3, 0.4) is 0 Å². The van der Waals surface area contributed by atoms with Gasteiger partial charge in [0.25, 0.3) is 5.91 Å². The van der Waals surface area contributed by atoms with Crippen LogP contribution in [-0.2, 0) is 17.5 Å². The highest BCUT2D eigenvalue weighted by Crippen LogP contribution is 2.35. The molecule has 0 saturated carbocycles. The van der Waals surface area contributed by atoms with Gasteiger partial charge in [-0.2, -0.15) is 18.3 Å². The fourth-order valence-electron chi connectivity index (χ4n) is 2.59. The number of alkyl halides is 3. The van der Waals surface area contributed by atoms with Crippen LogP contribution in [0.2, 0.25) is 0 Å². The minimum Gasteiger partial charge on any atom is -0.438 e. The van der Waals surface area contributed by atoms with Gasteiger partial charge < -0.3 is 15.4 Å². The third-order valence-electron chi connectivity index (χ3n) is 3.69. The molecular weight excluding hydrogens is 353 g/mol. The zero-order valence-electron chi connectivity index (χ0n) is 13.6. The zero-order chi connectivity index (χ0) is 18.9. The Morgan fingerprint density at radius 1 is 1.31 bits per heavy atom. The summed E-state index contributed by atoms with van der Waals surface area (Å²) in [6.45, 7) is 1.95. The molecule has 0 radical (unpaired) electrons. The van der Waals surface area contributed by atoms with E-state index in [0.29, 0.717) is 6.54 Å². The van der Waals surface area contributed by atoms with Crippen molar-refractivity contribution in [1.29, 1.82) is 0 Å². The van der Waals surface area contributed by atoms with Crippen molar-refractivity contribution in [2.45, 2.75) is 25.9 Å². The van der Waals surface area contributed by atoms with Crippen molar-refractivity contribution in [1.82, 2.24) is 15.1 Å². The second-order valence-electron chi connectivity index (χ2n) is 5.61. The molecule has 2 aromatic rings. The third kappa shape index (κ3) is 3.48. The molecule has 0 aliphatic carbocycles. The van der Waals surface area contributed by atoms with Crippen LogP contribution < -0.4 is 10.6 Å². The van der Waals surface area contributed by atoms with Crippen LogP contribution in [0.1, 0.15) is 33.3 Å². The molecular formula is C16H15F3N4O3. The molecule has 1 atom stereocenters. The van der Waals surface area contributed by atoms with Crippen LogP contribution >= 0.6 is 0 Å². The second kappa shape index (κ2) is 6.70. The van der Waals surface area contributed by atoms with E-state index in [1.807, 2.05) is 0 Å². The number of hydrogen-bond acceptors (Lipinski definition) is 5. The van der Waals surface area contributed by atoms with Crippen molar-refractivity contribution >= 4 is 17.7 Å². The van der Waals surface area contributed by atoms with Gasteiger partial charge in [0.2, 0.25) is 0 Å². The van der Waals surface area contributed by atoms with Gasteiger partial charge in [-0.25, -0.2) is 9.48 Å². The molecule has 1 aromatic heterocycles. The maximum Gasteiger partial charge on any atom is 0.436 e. The molecule has 138 valence electrons. The molecule has 2 heterocycles. The molecule has 10 heteroatoms. The van der Waals surface area contributed by atoms with Gasteiger partial charge in [-0.3, -0.25) is 4.79 Å². The van der Waals surface area contributed by atoms with E-state index in [4.69, 9.17) is 4.74 Å². The molecule has 3 rings (SSSR count). The molecule has 1 unspecified atom stereocenters. The van der Waals surface area contributed by atoms with Crippen molar-refractivity contribution in [3.05, 3.63) is 47.2 Å². The summed E-state index contributed by atoms with van der Waals surface area (Å²) in [4.78, 5) is 24.3. The van der Waals surface area contributed by atoms with Gasteiger partial charge in [-0.15, -0.1) is 0 Å². The lowest BCUT2D eigenvalue weighted by molar-refractivity contribution is -0.141. The summed E-state index contributed by atoms with van der Waals surface area (Å²) in [5.74, 6) is -1.73. The molecule has 0 spiro atoms. The Hall–Kier alpha value is -3.04. The molecule has 26 heavy (non-hydrogen) atoms. The minimum absolute atomic E-state index is 0.00332. The fourth-order valence-corrected chi connectivity index (χ4v) is 2.59. The number of anilines is 1. The standard InChI is InChI=1S/C16H15F3N4O3/c1-9(26-15(25)10-5-3-2-4-6-10)21-14(24)11-12(16(17,18)19)22-23-8-7-20-13(11)23/h2-6,9,20H,7-8H2,1H3,(H,21,24). The summed E-state index contributed by atoms with van der Waals surface area (Å²) in [6, 6.07) is 8.03. The third-order valence-corrected chi connectivity index (χ3v) is 3.69. The molecule has 1 aliphatic rings. The van der Waals surface area contributed by atoms with E-state index in [1.165, 1.54) is 19.1 Å². The highest BCUT2D eigenvalue weighted by Gasteiger charge is 2.42. The van der Waals surface area contributed by atoms with E-state index in [0.717, 1.165) is 4.68 Å². The number of halogens is 3. The summed E-state index contributed by atoms with van der Waals surface area (Å²) >= 11 is 0. The van der Waals surface area contributed by atoms with Crippen LogP contribution in [-0.4, -0.2) is 34.4 Å².